The Balaban J connectivity index is 2.78. The van der Waals surface area contributed by atoms with Crippen molar-refractivity contribution in [2.45, 2.75) is 26.7 Å². The number of halogens is 1. The standard InChI is InChI=1S/C14H22ClNO2/c1-5-6-10(2)9-16-12-7-11(15)13(17-3)8-14(12)18-4/h7-8,10,16H,5-6,9H2,1-4H3. The van der Waals surface area contributed by atoms with Gasteiger partial charge < -0.3 is 14.8 Å². The molecule has 0 radical (unpaired) electrons. The average Bonchev–Trinajstić information content (AvgIpc) is 2.36. The van der Waals surface area contributed by atoms with Crippen molar-refractivity contribution in [3.05, 3.63) is 17.2 Å². The Labute approximate surface area is 114 Å². The molecule has 102 valence electrons. The summed E-state index contributed by atoms with van der Waals surface area (Å²) in [7, 11) is 3.24. The van der Waals surface area contributed by atoms with Gasteiger partial charge in [-0.15, -0.1) is 0 Å². The maximum atomic E-state index is 6.11. The highest BCUT2D eigenvalue weighted by molar-refractivity contribution is 6.32. The minimum atomic E-state index is 0.587. The number of rotatable bonds is 7. The van der Waals surface area contributed by atoms with Crippen molar-refractivity contribution in [3.63, 3.8) is 0 Å². The van der Waals surface area contributed by atoms with Gasteiger partial charge in [0.25, 0.3) is 0 Å². The van der Waals surface area contributed by atoms with Gasteiger partial charge in [-0.3, -0.25) is 0 Å². The molecule has 3 nitrogen and oxygen atoms in total. The fourth-order valence-corrected chi connectivity index (χ4v) is 2.12. The van der Waals surface area contributed by atoms with E-state index in [0.29, 0.717) is 16.7 Å². The zero-order valence-electron chi connectivity index (χ0n) is 11.5. The zero-order chi connectivity index (χ0) is 13.5. The molecule has 4 heteroatoms. The fourth-order valence-electron chi connectivity index (χ4n) is 1.88. The van der Waals surface area contributed by atoms with Crippen LogP contribution in [0.25, 0.3) is 0 Å². The molecule has 0 aromatic heterocycles. The summed E-state index contributed by atoms with van der Waals surface area (Å²) in [6.07, 6.45) is 2.41. The summed E-state index contributed by atoms with van der Waals surface area (Å²) in [5.74, 6) is 2.00. The van der Waals surface area contributed by atoms with Gasteiger partial charge in [0.2, 0.25) is 0 Å². The largest absolute Gasteiger partial charge is 0.495 e. The topological polar surface area (TPSA) is 30.5 Å². The monoisotopic (exact) mass is 271 g/mol. The third-order valence-corrected chi connectivity index (χ3v) is 3.19. The molecule has 0 spiro atoms. The minimum absolute atomic E-state index is 0.587. The molecule has 18 heavy (non-hydrogen) atoms. The summed E-state index contributed by atoms with van der Waals surface area (Å²) >= 11 is 6.11. The Morgan fingerprint density at radius 3 is 2.44 bits per heavy atom. The van der Waals surface area contributed by atoms with Crippen molar-refractivity contribution < 1.29 is 9.47 Å². The van der Waals surface area contributed by atoms with Crippen LogP contribution in [0.1, 0.15) is 26.7 Å². The van der Waals surface area contributed by atoms with Crippen molar-refractivity contribution in [2.24, 2.45) is 5.92 Å². The summed E-state index contributed by atoms with van der Waals surface area (Å²) in [6, 6.07) is 3.65. The number of ether oxygens (including phenoxy) is 2. The van der Waals surface area contributed by atoms with Crippen molar-refractivity contribution in [2.75, 3.05) is 26.1 Å². The van der Waals surface area contributed by atoms with E-state index in [1.165, 1.54) is 12.8 Å². The van der Waals surface area contributed by atoms with Gasteiger partial charge in [0.15, 0.2) is 0 Å². The Kier molecular flexibility index (Phi) is 6.13. The van der Waals surface area contributed by atoms with Crippen LogP contribution in [0.2, 0.25) is 5.02 Å². The number of hydrogen-bond donors (Lipinski definition) is 1. The van der Waals surface area contributed by atoms with Crippen LogP contribution in [0.5, 0.6) is 11.5 Å². The van der Waals surface area contributed by atoms with Gasteiger partial charge in [-0.05, 0) is 18.4 Å². The first kappa shape index (κ1) is 15.0. The Hall–Kier alpha value is -1.09. The van der Waals surface area contributed by atoms with Crippen molar-refractivity contribution in [3.8, 4) is 11.5 Å². The lowest BCUT2D eigenvalue weighted by Crippen LogP contribution is -2.11. The van der Waals surface area contributed by atoms with Crippen molar-refractivity contribution in [1.82, 2.24) is 0 Å². The average molecular weight is 272 g/mol. The van der Waals surface area contributed by atoms with Crippen LogP contribution in [-0.2, 0) is 0 Å². The number of nitrogens with one attached hydrogen (secondary N) is 1. The van der Waals surface area contributed by atoms with Crippen LogP contribution < -0.4 is 14.8 Å². The minimum Gasteiger partial charge on any atom is -0.495 e. The van der Waals surface area contributed by atoms with Gasteiger partial charge in [-0.25, -0.2) is 0 Å². The lowest BCUT2D eigenvalue weighted by atomic mass is 10.1. The van der Waals surface area contributed by atoms with Crippen molar-refractivity contribution >= 4 is 17.3 Å². The highest BCUT2D eigenvalue weighted by atomic mass is 35.5. The maximum absolute atomic E-state index is 6.11. The van der Waals surface area contributed by atoms with E-state index in [9.17, 15) is 0 Å². The number of benzene rings is 1. The lowest BCUT2D eigenvalue weighted by Gasteiger charge is -2.16. The van der Waals surface area contributed by atoms with Gasteiger partial charge in [-0.2, -0.15) is 0 Å². The van der Waals surface area contributed by atoms with E-state index in [4.69, 9.17) is 21.1 Å². The molecule has 0 amide bonds. The SMILES string of the molecule is CCCC(C)CNc1cc(Cl)c(OC)cc1OC. The summed E-state index contributed by atoms with van der Waals surface area (Å²) in [5, 5.41) is 3.96. The summed E-state index contributed by atoms with van der Waals surface area (Å²) < 4.78 is 10.5. The van der Waals surface area contributed by atoms with Gasteiger partial charge in [-0.1, -0.05) is 31.9 Å². The molecule has 1 N–H and O–H groups in total. The van der Waals surface area contributed by atoms with E-state index in [1.807, 2.05) is 6.07 Å². The molecule has 1 aromatic rings. The van der Waals surface area contributed by atoms with E-state index < -0.39 is 0 Å². The Morgan fingerprint density at radius 1 is 1.22 bits per heavy atom. The zero-order valence-corrected chi connectivity index (χ0v) is 12.3. The first-order chi connectivity index (χ1) is 8.62. The number of anilines is 1. The van der Waals surface area contributed by atoms with Gasteiger partial charge in [0, 0.05) is 12.6 Å². The second-order valence-corrected chi connectivity index (χ2v) is 4.87. The van der Waals surface area contributed by atoms with Crippen LogP contribution in [-0.4, -0.2) is 20.8 Å². The Bertz CT molecular complexity index is 382. The molecule has 0 saturated carbocycles. The van der Waals surface area contributed by atoms with Gasteiger partial charge in [0.05, 0.1) is 24.9 Å². The van der Waals surface area contributed by atoms with Crippen LogP contribution in [0.3, 0.4) is 0 Å². The van der Waals surface area contributed by atoms with Crippen LogP contribution in [0, 0.1) is 5.92 Å². The molecule has 0 fully saturated rings. The van der Waals surface area contributed by atoms with E-state index in [2.05, 4.69) is 19.2 Å². The third-order valence-electron chi connectivity index (χ3n) is 2.90. The molecule has 1 rings (SSSR count). The van der Waals surface area contributed by atoms with E-state index in [1.54, 1.807) is 20.3 Å². The van der Waals surface area contributed by atoms with Crippen LogP contribution >= 0.6 is 11.6 Å². The molecule has 0 heterocycles. The predicted octanol–water partition coefficient (Wildman–Crippen LogP) is 4.21. The normalized spacial score (nSPS) is 12.1. The summed E-state index contributed by atoms with van der Waals surface area (Å²) in [5.41, 5.74) is 0.909. The lowest BCUT2D eigenvalue weighted by molar-refractivity contribution is 0.395. The second-order valence-electron chi connectivity index (χ2n) is 4.46. The van der Waals surface area contributed by atoms with Crippen LogP contribution in [0.4, 0.5) is 5.69 Å². The maximum Gasteiger partial charge on any atom is 0.145 e. The molecule has 1 aromatic carbocycles. The van der Waals surface area contributed by atoms with E-state index in [-0.39, 0.29) is 0 Å². The quantitative estimate of drug-likeness (QED) is 0.806. The first-order valence-electron chi connectivity index (χ1n) is 6.27. The van der Waals surface area contributed by atoms with Gasteiger partial charge >= 0.3 is 0 Å². The molecule has 0 aliphatic carbocycles. The highest BCUT2D eigenvalue weighted by Gasteiger charge is 2.10. The van der Waals surface area contributed by atoms with Crippen LogP contribution in [0.15, 0.2) is 12.1 Å². The predicted molar refractivity (Wildman–Crippen MR) is 77.1 cm³/mol. The fraction of sp³-hybridized carbons (Fsp3) is 0.571. The summed E-state index contributed by atoms with van der Waals surface area (Å²) in [4.78, 5) is 0. The molecule has 0 aliphatic rings. The molecule has 1 atom stereocenters. The summed E-state index contributed by atoms with van der Waals surface area (Å²) in [6.45, 7) is 5.34. The molecule has 0 aliphatic heterocycles. The molecular formula is C14H22ClNO2. The third kappa shape index (κ3) is 3.98. The van der Waals surface area contributed by atoms with Crippen molar-refractivity contribution in [1.29, 1.82) is 0 Å². The number of methoxy groups -OCH3 is 2. The molecule has 0 bridgehead atoms. The highest BCUT2D eigenvalue weighted by Crippen LogP contribution is 2.35. The Morgan fingerprint density at radius 2 is 1.89 bits per heavy atom. The molecule has 0 saturated heterocycles. The van der Waals surface area contributed by atoms with E-state index >= 15 is 0 Å². The number of hydrogen-bond acceptors (Lipinski definition) is 3. The second kappa shape index (κ2) is 7.37. The van der Waals surface area contributed by atoms with E-state index in [0.717, 1.165) is 18.0 Å². The smallest absolute Gasteiger partial charge is 0.145 e. The molecular weight excluding hydrogens is 250 g/mol. The first-order valence-corrected chi connectivity index (χ1v) is 6.65. The van der Waals surface area contributed by atoms with Gasteiger partial charge in [0.1, 0.15) is 11.5 Å². The molecule has 1 unspecified atom stereocenters.